The molecule has 0 spiro atoms. The van der Waals surface area contributed by atoms with Gasteiger partial charge in [-0.3, -0.25) is 4.79 Å². The van der Waals surface area contributed by atoms with Gasteiger partial charge in [-0.05, 0) is 12.3 Å². The number of unbranched alkanes of at least 4 members (excludes halogenated alkanes) is 9. The molecule has 114 valence electrons. The smallest absolute Gasteiger partial charge is 0.220 e. The summed E-state index contributed by atoms with van der Waals surface area (Å²) < 4.78 is 0. The molecule has 1 N–H and O–H groups in total. The molecule has 0 heterocycles. The second-order valence-electron chi connectivity index (χ2n) is 6.13. The zero-order valence-corrected chi connectivity index (χ0v) is 13.5. The summed E-state index contributed by atoms with van der Waals surface area (Å²) in [5, 5.41) is 2.97. The molecular weight excluding hydrogens is 234 g/mol. The summed E-state index contributed by atoms with van der Waals surface area (Å²) in [6, 6.07) is 0. The molecule has 1 amide bonds. The van der Waals surface area contributed by atoms with E-state index in [-0.39, 0.29) is 5.91 Å². The molecule has 0 fully saturated rings. The van der Waals surface area contributed by atoms with Gasteiger partial charge in [-0.25, -0.2) is 0 Å². The van der Waals surface area contributed by atoms with E-state index in [2.05, 4.69) is 26.1 Å². The van der Waals surface area contributed by atoms with Crippen LogP contribution in [0.15, 0.2) is 0 Å². The first-order chi connectivity index (χ1) is 9.16. The zero-order valence-electron chi connectivity index (χ0n) is 13.5. The van der Waals surface area contributed by atoms with E-state index in [1.165, 1.54) is 57.8 Å². The molecule has 0 aromatic heterocycles. The molecule has 0 saturated carbocycles. The Morgan fingerprint density at radius 3 is 1.79 bits per heavy atom. The lowest BCUT2D eigenvalue weighted by Gasteiger charge is -2.07. The summed E-state index contributed by atoms with van der Waals surface area (Å²) in [5.41, 5.74) is 0. The van der Waals surface area contributed by atoms with Crippen LogP contribution in [-0.2, 0) is 4.79 Å². The average molecular weight is 269 g/mol. The van der Waals surface area contributed by atoms with Crippen LogP contribution in [0.2, 0.25) is 0 Å². The minimum absolute atomic E-state index is 0.230. The first-order valence-corrected chi connectivity index (χ1v) is 8.43. The van der Waals surface area contributed by atoms with Crippen molar-refractivity contribution in [2.45, 2.75) is 91.4 Å². The highest BCUT2D eigenvalue weighted by atomic mass is 16.1. The maximum absolute atomic E-state index is 11.5. The highest BCUT2D eigenvalue weighted by Crippen LogP contribution is 2.11. The van der Waals surface area contributed by atoms with Gasteiger partial charge in [0.25, 0.3) is 0 Å². The van der Waals surface area contributed by atoms with Crippen molar-refractivity contribution in [1.82, 2.24) is 5.32 Å². The van der Waals surface area contributed by atoms with E-state index < -0.39 is 0 Å². The molecule has 0 aromatic carbocycles. The molecule has 0 unspecified atom stereocenters. The van der Waals surface area contributed by atoms with Crippen LogP contribution in [0.25, 0.3) is 0 Å². The third-order valence-electron chi connectivity index (χ3n) is 3.46. The largest absolute Gasteiger partial charge is 0.356 e. The molecule has 0 radical (unpaired) electrons. The molecule has 0 aliphatic heterocycles. The lowest BCUT2D eigenvalue weighted by atomic mass is 10.1. The number of hydrogen-bond donors (Lipinski definition) is 1. The predicted molar refractivity (Wildman–Crippen MR) is 84.3 cm³/mol. The summed E-state index contributed by atoms with van der Waals surface area (Å²) in [7, 11) is 0. The molecule has 0 atom stereocenters. The summed E-state index contributed by atoms with van der Waals surface area (Å²) >= 11 is 0. The van der Waals surface area contributed by atoms with Crippen LogP contribution in [-0.4, -0.2) is 12.5 Å². The van der Waals surface area contributed by atoms with E-state index in [4.69, 9.17) is 0 Å². The average Bonchev–Trinajstić information content (AvgIpc) is 2.38. The topological polar surface area (TPSA) is 29.1 Å². The van der Waals surface area contributed by atoms with Crippen molar-refractivity contribution in [3.8, 4) is 0 Å². The van der Waals surface area contributed by atoms with Gasteiger partial charge < -0.3 is 5.32 Å². The lowest BCUT2D eigenvalue weighted by Crippen LogP contribution is -2.26. The van der Waals surface area contributed by atoms with Crippen molar-refractivity contribution in [2.24, 2.45) is 5.92 Å². The number of nitrogens with one attached hydrogen (secondary N) is 1. The lowest BCUT2D eigenvalue weighted by molar-refractivity contribution is -0.121. The zero-order chi connectivity index (χ0) is 14.3. The van der Waals surface area contributed by atoms with Crippen LogP contribution in [0, 0.1) is 5.92 Å². The van der Waals surface area contributed by atoms with Crippen molar-refractivity contribution in [2.75, 3.05) is 6.54 Å². The van der Waals surface area contributed by atoms with E-state index in [0.717, 1.165) is 13.0 Å². The molecule has 0 rings (SSSR count). The Kier molecular flexibility index (Phi) is 13.5. The van der Waals surface area contributed by atoms with E-state index in [9.17, 15) is 4.79 Å². The Balaban J connectivity index is 3.11. The van der Waals surface area contributed by atoms with Crippen LogP contribution in [0.1, 0.15) is 91.4 Å². The van der Waals surface area contributed by atoms with Gasteiger partial charge >= 0.3 is 0 Å². The normalized spacial score (nSPS) is 10.9. The Hall–Kier alpha value is -0.530. The van der Waals surface area contributed by atoms with Gasteiger partial charge in [0.15, 0.2) is 0 Å². The highest BCUT2D eigenvalue weighted by Gasteiger charge is 2.01. The molecule has 0 aliphatic carbocycles. The molecule has 0 bridgehead atoms. The van der Waals surface area contributed by atoms with Gasteiger partial charge in [-0.1, -0.05) is 78.6 Å². The summed E-state index contributed by atoms with van der Waals surface area (Å²) in [6.07, 6.45) is 13.9. The fourth-order valence-corrected chi connectivity index (χ4v) is 2.18. The fourth-order valence-electron chi connectivity index (χ4n) is 2.18. The molecule has 0 aliphatic rings. The van der Waals surface area contributed by atoms with Crippen molar-refractivity contribution in [1.29, 1.82) is 0 Å². The first kappa shape index (κ1) is 18.5. The minimum atomic E-state index is 0.230. The van der Waals surface area contributed by atoms with Gasteiger partial charge in [0.05, 0.1) is 0 Å². The Morgan fingerprint density at radius 2 is 1.32 bits per heavy atom. The van der Waals surface area contributed by atoms with Crippen LogP contribution >= 0.6 is 0 Å². The molecule has 0 aromatic rings. The van der Waals surface area contributed by atoms with Gasteiger partial charge in [0.1, 0.15) is 0 Å². The summed E-state index contributed by atoms with van der Waals surface area (Å²) in [5.74, 6) is 0.782. The first-order valence-electron chi connectivity index (χ1n) is 8.43. The Bertz CT molecular complexity index is 201. The third-order valence-corrected chi connectivity index (χ3v) is 3.46. The number of carbonyl (C=O) groups excluding carboxylic acids is 1. The monoisotopic (exact) mass is 269 g/mol. The Morgan fingerprint density at radius 1 is 0.842 bits per heavy atom. The summed E-state index contributed by atoms with van der Waals surface area (Å²) in [4.78, 5) is 11.5. The number of rotatable bonds is 13. The number of carbonyl (C=O) groups is 1. The predicted octanol–water partition coefficient (Wildman–Crippen LogP) is 5.07. The third kappa shape index (κ3) is 15.4. The summed E-state index contributed by atoms with van der Waals surface area (Å²) in [6.45, 7) is 7.33. The van der Waals surface area contributed by atoms with Crippen molar-refractivity contribution in [3.63, 3.8) is 0 Å². The van der Waals surface area contributed by atoms with Crippen LogP contribution in [0.5, 0.6) is 0 Å². The van der Waals surface area contributed by atoms with E-state index in [0.29, 0.717) is 12.3 Å². The minimum Gasteiger partial charge on any atom is -0.356 e. The van der Waals surface area contributed by atoms with Crippen LogP contribution in [0.4, 0.5) is 0 Å². The van der Waals surface area contributed by atoms with Gasteiger partial charge in [0, 0.05) is 13.0 Å². The molecule has 2 nitrogen and oxygen atoms in total. The second-order valence-corrected chi connectivity index (χ2v) is 6.13. The van der Waals surface area contributed by atoms with Crippen LogP contribution < -0.4 is 5.32 Å². The fraction of sp³-hybridized carbons (Fsp3) is 0.941. The van der Waals surface area contributed by atoms with Gasteiger partial charge in [-0.2, -0.15) is 0 Å². The van der Waals surface area contributed by atoms with Crippen LogP contribution in [0.3, 0.4) is 0 Å². The quantitative estimate of drug-likeness (QED) is 0.465. The van der Waals surface area contributed by atoms with Gasteiger partial charge in [0.2, 0.25) is 5.91 Å². The van der Waals surface area contributed by atoms with Crippen molar-refractivity contribution < 1.29 is 4.79 Å². The molecule has 19 heavy (non-hydrogen) atoms. The Labute approximate surface area is 120 Å². The second kappa shape index (κ2) is 13.9. The maximum Gasteiger partial charge on any atom is 0.220 e. The standard InChI is InChI=1S/C17H35NO/c1-4-5-6-7-8-9-10-11-12-13-14-17(19)18-15-16(2)3/h16H,4-15H2,1-3H3,(H,18,19). The molecular formula is C17H35NO. The van der Waals surface area contributed by atoms with E-state index >= 15 is 0 Å². The number of hydrogen-bond acceptors (Lipinski definition) is 1. The van der Waals surface area contributed by atoms with Crippen molar-refractivity contribution >= 4 is 5.91 Å². The van der Waals surface area contributed by atoms with Crippen molar-refractivity contribution in [3.05, 3.63) is 0 Å². The maximum atomic E-state index is 11.5. The molecule has 2 heteroatoms. The van der Waals surface area contributed by atoms with E-state index in [1.807, 2.05) is 0 Å². The number of amides is 1. The van der Waals surface area contributed by atoms with Gasteiger partial charge in [-0.15, -0.1) is 0 Å². The van der Waals surface area contributed by atoms with E-state index in [1.54, 1.807) is 0 Å². The SMILES string of the molecule is CCCCCCCCCCCCC(=O)NCC(C)C. The highest BCUT2D eigenvalue weighted by molar-refractivity contribution is 5.75. The molecule has 0 saturated heterocycles.